The highest BCUT2D eigenvalue weighted by Crippen LogP contribution is 2.33. The summed E-state index contributed by atoms with van der Waals surface area (Å²) in [6.07, 6.45) is 0. The first kappa shape index (κ1) is 26.5. The lowest BCUT2D eigenvalue weighted by Gasteiger charge is -2.15. The summed E-state index contributed by atoms with van der Waals surface area (Å²) in [4.78, 5) is 35.7. The number of thiazole rings is 1. The Morgan fingerprint density at radius 2 is 1.79 bits per heavy atom. The Labute approximate surface area is 233 Å². The van der Waals surface area contributed by atoms with Crippen molar-refractivity contribution in [2.75, 3.05) is 25.3 Å². The SMILES string of the molecule is COc1ccc(-c2csc(NC(=O)CSc3nc4ccccc4c(=O)n3-c3ccc(C)cc3C)n2)cc1OC. The average molecular weight is 559 g/mol. The molecule has 0 spiro atoms. The van der Waals surface area contributed by atoms with Crippen molar-refractivity contribution in [1.82, 2.24) is 14.5 Å². The van der Waals surface area contributed by atoms with Crippen molar-refractivity contribution in [2.24, 2.45) is 0 Å². The van der Waals surface area contributed by atoms with Gasteiger partial charge in [0.1, 0.15) is 0 Å². The van der Waals surface area contributed by atoms with E-state index >= 15 is 0 Å². The number of nitrogens with one attached hydrogen (secondary N) is 1. The number of para-hydroxylation sites is 1. The number of aryl methyl sites for hydroxylation is 2. The van der Waals surface area contributed by atoms with E-state index in [0.29, 0.717) is 38.4 Å². The molecule has 2 aromatic heterocycles. The highest BCUT2D eigenvalue weighted by atomic mass is 32.2. The molecule has 0 saturated carbocycles. The molecule has 5 rings (SSSR count). The Morgan fingerprint density at radius 1 is 1.00 bits per heavy atom. The van der Waals surface area contributed by atoms with Crippen molar-refractivity contribution in [3.05, 3.63) is 87.5 Å². The number of hydrogen-bond donors (Lipinski definition) is 1. The Morgan fingerprint density at radius 3 is 2.56 bits per heavy atom. The van der Waals surface area contributed by atoms with Gasteiger partial charge >= 0.3 is 0 Å². The van der Waals surface area contributed by atoms with Crippen LogP contribution in [0.4, 0.5) is 5.13 Å². The number of methoxy groups -OCH3 is 2. The number of fused-ring (bicyclic) bond motifs is 1. The van der Waals surface area contributed by atoms with Gasteiger partial charge in [-0.15, -0.1) is 11.3 Å². The lowest BCUT2D eigenvalue weighted by Crippen LogP contribution is -2.23. The van der Waals surface area contributed by atoms with Gasteiger partial charge in [-0.25, -0.2) is 9.97 Å². The molecule has 0 fully saturated rings. The van der Waals surface area contributed by atoms with Crippen LogP contribution in [0.15, 0.2) is 76.0 Å². The van der Waals surface area contributed by atoms with Crippen LogP contribution in [-0.4, -0.2) is 40.4 Å². The number of hydrogen-bond acceptors (Lipinski definition) is 8. The van der Waals surface area contributed by atoms with Crippen LogP contribution in [0.1, 0.15) is 11.1 Å². The van der Waals surface area contributed by atoms with Crippen molar-refractivity contribution < 1.29 is 14.3 Å². The van der Waals surface area contributed by atoms with Gasteiger partial charge < -0.3 is 14.8 Å². The van der Waals surface area contributed by atoms with Crippen molar-refractivity contribution in [2.45, 2.75) is 19.0 Å². The van der Waals surface area contributed by atoms with Gasteiger partial charge in [-0.3, -0.25) is 14.2 Å². The maximum atomic E-state index is 13.5. The lowest BCUT2D eigenvalue weighted by atomic mass is 10.1. The normalized spacial score (nSPS) is 11.0. The third-order valence-corrected chi connectivity index (χ3v) is 7.80. The molecule has 3 aromatic carbocycles. The highest BCUT2D eigenvalue weighted by Gasteiger charge is 2.17. The predicted molar refractivity (Wildman–Crippen MR) is 157 cm³/mol. The number of carbonyl (C=O) groups is 1. The highest BCUT2D eigenvalue weighted by molar-refractivity contribution is 7.99. The molecule has 10 heteroatoms. The number of benzene rings is 3. The van der Waals surface area contributed by atoms with Gasteiger partial charge in [-0.05, 0) is 55.8 Å². The topological polar surface area (TPSA) is 95.3 Å². The van der Waals surface area contributed by atoms with E-state index in [1.165, 1.54) is 23.1 Å². The molecule has 1 amide bonds. The Kier molecular flexibility index (Phi) is 7.67. The third kappa shape index (κ3) is 5.52. The first-order valence-corrected chi connectivity index (χ1v) is 13.9. The molecule has 39 heavy (non-hydrogen) atoms. The molecule has 0 saturated heterocycles. The standard InChI is InChI=1S/C29H26N4O4S2/c1-17-9-11-23(18(2)13-17)33-27(35)20-7-5-6-8-21(20)31-29(33)39-16-26(34)32-28-30-22(15-38-28)19-10-12-24(36-3)25(14-19)37-4/h5-15H,16H2,1-4H3,(H,30,32,34). The molecule has 1 N–H and O–H groups in total. The third-order valence-electron chi connectivity index (χ3n) is 6.10. The lowest BCUT2D eigenvalue weighted by molar-refractivity contribution is -0.113. The second-order valence-corrected chi connectivity index (χ2v) is 10.6. The minimum absolute atomic E-state index is 0.0565. The van der Waals surface area contributed by atoms with E-state index in [-0.39, 0.29) is 17.2 Å². The predicted octanol–water partition coefficient (Wildman–Crippen LogP) is 5.87. The fraction of sp³-hybridized carbons (Fsp3) is 0.172. The number of anilines is 1. The van der Waals surface area contributed by atoms with Crippen LogP contribution in [-0.2, 0) is 4.79 Å². The zero-order valence-corrected chi connectivity index (χ0v) is 23.5. The number of thioether (sulfide) groups is 1. The van der Waals surface area contributed by atoms with Crippen LogP contribution < -0.4 is 20.3 Å². The van der Waals surface area contributed by atoms with Crippen LogP contribution in [0.3, 0.4) is 0 Å². The minimum Gasteiger partial charge on any atom is -0.493 e. The Hall–Kier alpha value is -4.15. The summed E-state index contributed by atoms with van der Waals surface area (Å²) in [6.45, 7) is 3.97. The number of nitrogens with zero attached hydrogens (tertiary/aromatic N) is 3. The summed E-state index contributed by atoms with van der Waals surface area (Å²) in [6, 6.07) is 18.7. The van der Waals surface area contributed by atoms with Gasteiger partial charge in [0, 0.05) is 10.9 Å². The minimum atomic E-state index is -0.247. The van der Waals surface area contributed by atoms with E-state index in [9.17, 15) is 9.59 Å². The molecular formula is C29H26N4O4S2. The monoisotopic (exact) mass is 558 g/mol. The summed E-state index contributed by atoms with van der Waals surface area (Å²) in [5.74, 6) is 1.04. The summed E-state index contributed by atoms with van der Waals surface area (Å²) in [7, 11) is 3.16. The number of aromatic nitrogens is 3. The quantitative estimate of drug-likeness (QED) is 0.188. The van der Waals surface area contributed by atoms with Gasteiger partial charge in [0.05, 0.1) is 42.3 Å². The summed E-state index contributed by atoms with van der Waals surface area (Å²) >= 11 is 2.54. The molecule has 0 aliphatic carbocycles. The van der Waals surface area contributed by atoms with E-state index in [4.69, 9.17) is 14.5 Å². The van der Waals surface area contributed by atoms with Gasteiger partial charge in [0.15, 0.2) is 21.8 Å². The molecule has 0 aliphatic heterocycles. The molecule has 8 nitrogen and oxygen atoms in total. The first-order valence-electron chi connectivity index (χ1n) is 12.1. The number of carbonyl (C=O) groups excluding carboxylic acids is 1. The first-order chi connectivity index (χ1) is 18.9. The fourth-order valence-electron chi connectivity index (χ4n) is 4.22. The summed E-state index contributed by atoms with van der Waals surface area (Å²) in [5.41, 5.74) is 4.76. The second kappa shape index (κ2) is 11.3. The Bertz CT molecular complexity index is 1750. The van der Waals surface area contributed by atoms with Gasteiger partial charge in [-0.2, -0.15) is 0 Å². The summed E-state index contributed by atoms with van der Waals surface area (Å²) < 4.78 is 12.3. The molecule has 0 bridgehead atoms. The molecule has 0 atom stereocenters. The van der Waals surface area contributed by atoms with E-state index in [0.717, 1.165) is 22.4 Å². The van der Waals surface area contributed by atoms with E-state index in [1.54, 1.807) is 30.9 Å². The zero-order chi connectivity index (χ0) is 27.5. The van der Waals surface area contributed by atoms with Gasteiger partial charge in [-0.1, -0.05) is 41.6 Å². The van der Waals surface area contributed by atoms with E-state index in [1.807, 2.05) is 67.8 Å². The summed E-state index contributed by atoms with van der Waals surface area (Å²) in [5, 5.41) is 6.18. The molecule has 198 valence electrons. The van der Waals surface area contributed by atoms with Crippen LogP contribution >= 0.6 is 23.1 Å². The second-order valence-electron chi connectivity index (χ2n) is 8.79. The molecular weight excluding hydrogens is 532 g/mol. The number of amides is 1. The number of rotatable bonds is 8. The van der Waals surface area contributed by atoms with Gasteiger partial charge in [0.25, 0.3) is 5.56 Å². The van der Waals surface area contributed by atoms with Crippen molar-refractivity contribution in [3.8, 4) is 28.4 Å². The van der Waals surface area contributed by atoms with Crippen LogP contribution in [0, 0.1) is 13.8 Å². The maximum absolute atomic E-state index is 13.5. The largest absolute Gasteiger partial charge is 0.493 e. The van der Waals surface area contributed by atoms with Gasteiger partial charge in [0.2, 0.25) is 5.91 Å². The smallest absolute Gasteiger partial charge is 0.266 e. The number of ether oxygens (including phenoxy) is 2. The molecule has 5 aromatic rings. The molecule has 0 unspecified atom stereocenters. The van der Waals surface area contributed by atoms with E-state index < -0.39 is 0 Å². The van der Waals surface area contributed by atoms with Crippen LogP contribution in [0.5, 0.6) is 11.5 Å². The molecule has 2 heterocycles. The van der Waals surface area contributed by atoms with Crippen LogP contribution in [0.25, 0.3) is 27.8 Å². The Balaban J connectivity index is 1.37. The molecule has 0 radical (unpaired) electrons. The molecule has 0 aliphatic rings. The van der Waals surface area contributed by atoms with Crippen molar-refractivity contribution >= 4 is 45.0 Å². The van der Waals surface area contributed by atoms with Crippen LogP contribution in [0.2, 0.25) is 0 Å². The van der Waals surface area contributed by atoms with Crippen molar-refractivity contribution in [3.63, 3.8) is 0 Å². The fourth-order valence-corrected chi connectivity index (χ4v) is 5.76. The van der Waals surface area contributed by atoms with E-state index in [2.05, 4.69) is 10.3 Å². The maximum Gasteiger partial charge on any atom is 0.266 e. The average Bonchev–Trinajstić information content (AvgIpc) is 3.40. The van der Waals surface area contributed by atoms with Crippen molar-refractivity contribution in [1.29, 1.82) is 0 Å². The zero-order valence-electron chi connectivity index (χ0n) is 21.8.